The van der Waals surface area contributed by atoms with Crippen LogP contribution >= 0.6 is 25.1 Å². The second-order valence-electron chi connectivity index (χ2n) is 16.7. The lowest BCUT2D eigenvalue weighted by Gasteiger charge is -2.38. The molecule has 0 unspecified atom stereocenters. The summed E-state index contributed by atoms with van der Waals surface area (Å²) in [5.74, 6) is 1.64. The Morgan fingerprint density at radius 2 is 1.77 bits per heavy atom. The van der Waals surface area contributed by atoms with E-state index >= 15 is 0 Å². The Labute approximate surface area is 384 Å². The molecule has 2 aliphatic rings. The van der Waals surface area contributed by atoms with Crippen LogP contribution in [0.4, 0.5) is 17.5 Å². The molecule has 0 bridgehead atoms. The topological polar surface area (TPSA) is 175 Å². The quantitative estimate of drug-likeness (QED) is 0.117. The van der Waals surface area contributed by atoms with Gasteiger partial charge in [-0.2, -0.15) is 18.5 Å². The summed E-state index contributed by atoms with van der Waals surface area (Å²) in [6.07, 6.45) is 9.21. The van der Waals surface area contributed by atoms with Gasteiger partial charge in [0.05, 0.1) is 24.4 Å². The maximum Gasteiger partial charge on any atom is 0.293 e. The fourth-order valence-corrected chi connectivity index (χ4v) is 7.99. The highest BCUT2D eigenvalue weighted by molar-refractivity contribution is 7.59. The fraction of sp³-hybridized carbons (Fsp3) is 0.413. The van der Waals surface area contributed by atoms with E-state index in [0.29, 0.717) is 28.1 Å². The highest BCUT2D eigenvalue weighted by Gasteiger charge is 2.25. The number of aromatic nitrogens is 5. The number of aliphatic hydroxyl groups is 1. The van der Waals surface area contributed by atoms with Gasteiger partial charge < -0.3 is 49.1 Å². The number of ether oxygens (including phenoxy) is 2. The molecule has 342 valence electrons. The Kier molecular flexibility index (Phi) is 15.3. The van der Waals surface area contributed by atoms with E-state index in [1.54, 1.807) is 64.3 Å². The smallest absolute Gasteiger partial charge is 0.293 e. The summed E-state index contributed by atoms with van der Waals surface area (Å²) in [4.78, 5) is 55.9. The second kappa shape index (κ2) is 20.5. The fourth-order valence-electron chi connectivity index (χ4n) is 7.85. The predicted molar refractivity (Wildman–Crippen MR) is 259 cm³/mol. The molecule has 18 heteroatoms. The largest absolute Gasteiger partial charge is 0.496 e. The van der Waals surface area contributed by atoms with E-state index in [4.69, 9.17) is 26.1 Å². The minimum Gasteiger partial charge on any atom is -0.496 e. The van der Waals surface area contributed by atoms with E-state index in [1.807, 2.05) is 42.5 Å². The summed E-state index contributed by atoms with van der Waals surface area (Å²) >= 11 is 6.47. The molecule has 0 atom stereocenters. The Balaban J connectivity index is 0.000000241. The van der Waals surface area contributed by atoms with Crippen molar-refractivity contribution in [3.05, 3.63) is 98.4 Å². The van der Waals surface area contributed by atoms with Crippen molar-refractivity contribution < 1.29 is 19.4 Å². The van der Waals surface area contributed by atoms with Crippen LogP contribution in [0.5, 0.6) is 11.5 Å². The zero-order valence-corrected chi connectivity index (χ0v) is 39.3. The van der Waals surface area contributed by atoms with Crippen molar-refractivity contribution in [2.45, 2.75) is 44.8 Å². The first-order valence-electron chi connectivity index (χ1n) is 21.2. The van der Waals surface area contributed by atoms with Gasteiger partial charge in [-0.25, -0.2) is 4.98 Å². The molecule has 0 radical (unpaired) electrons. The van der Waals surface area contributed by atoms with Crippen molar-refractivity contribution in [1.82, 2.24) is 39.2 Å². The first-order chi connectivity index (χ1) is 30.1. The number of carbonyl (C=O) groups is 1. The van der Waals surface area contributed by atoms with E-state index in [9.17, 15) is 19.5 Å². The molecule has 4 aromatic heterocycles. The van der Waals surface area contributed by atoms with E-state index in [2.05, 4.69) is 42.3 Å². The first-order valence-corrected chi connectivity index (χ1v) is 21.5. The third-order valence-electron chi connectivity index (χ3n) is 12.0. The zero-order chi connectivity index (χ0) is 45.0. The molecule has 4 N–H and O–H groups in total. The molecule has 1 saturated carbocycles. The van der Waals surface area contributed by atoms with Crippen LogP contribution in [-0.2, 0) is 24.5 Å². The van der Waals surface area contributed by atoms with Crippen molar-refractivity contribution in [3.8, 4) is 22.6 Å². The Morgan fingerprint density at radius 3 is 2.44 bits per heavy atom. The van der Waals surface area contributed by atoms with Crippen LogP contribution in [0, 0.1) is 0 Å². The van der Waals surface area contributed by atoms with Crippen LogP contribution in [0.15, 0.2) is 76.7 Å². The minimum atomic E-state index is -0.959. The van der Waals surface area contributed by atoms with Crippen molar-refractivity contribution in [2.75, 3.05) is 77.3 Å². The molecular formula is C46H59ClN10O6S. The number of benzene rings is 2. The molecule has 1 aliphatic carbocycles. The van der Waals surface area contributed by atoms with E-state index in [1.165, 1.54) is 30.9 Å². The lowest BCUT2D eigenvalue weighted by atomic mass is 9.92. The normalized spacial score (nSPS) is 14.4. The SMILES string of the molecule is CNC(=O)COc1cc2cc(Nc3nc(N4CCN(CCN(C)C5CCC5)CC4)ncc3Cl)ccc2n(C)c1=O.COc1ccc(C(C)(C)O)cc1-c1cn(C)c(=O)c2[nH]ccc12.S. The number of nitrogens with one attached hydrogen (secondary N) is 3. The summed E-state index contributed by atoms with van der Waals surface area (Å²) in [7, 11) is 8.76. The molecule has 1 aliphatic heterocycles. The number of H-pyrrole nitrogens is 1. The number of fused-ring (bicyclic) bond motifs is 2. The number of anilines is 3. The molecule has 64 heavy (non-hydrogen) atoms. The summed E-state index contributed by atoms with van der Waals surface area (Å²) in [5.41, 5.74) is 3.19. The standard InChI is InChI=1S/C28H37ClN8O3.C18H20N2O3.H2S/c1-30-25(38)18-40-24-16-19-15-20(7-8-23(19)35(3)27(24)39)32-26-22(29)17-31-28(33-26)37-13-11-36(12-14-37)10-9-34(2)21-5-4-6-21;1-18(2,22)11-5-6-15(23-4)13(9-11)14-10-20(3)17(21)16-12(14)7-8-19-16;/h7-8,15-17,21H,4-6,9-14,18H2,1-3H3,(H,30,38)(H,31,32,33);5-10,19,22H,1-4H3;1H2. The number of carbonyl (C=O) groups excluding carboxylic acids is 1. The minimum absolute atomic E-state index is 0. The van der Waals surface area contributed by atoms with Gasteiger partial charge in [0.25, 0.3) is 17.0 Å². The molecule has 1 saturated heterocycles. The van der Waals surface area contributed by atoms with E-state index in [0.717, 1.165) is 84.0 Å². The van der Waals surface area contributed by atoms with Gasteiger partial charge in [-0.05, 0) is 81.8 Å². The maximum absolute atomic E-state index is 12.7. The number of amides is 1. The summed E-state index contributed by atoms with van der Waals surface area (Å²) in [6, 6.07) is 15.5. The van der Waals surface area contributed by atoms with Crippen LogP contribution in [0.25, 0.3) is 32.9 Å². The number of pyridine rings is 2. The lowest BCUT2D eigenvalue weighted by Crippen LogP contribution is -2.50. The van der Waals surface area contributed by atoms with E-state index < -0.39 is 5.60 Å². The molecule has 2 fully saturated rings. The molecule has 6 aromatic rings. The third kappa shape index (κ3) is 10.7. The molecule has 1 amide bonds. The Hall–Kier alpha value is -5.59. The van der Waals surface area contributed by atoms with Crippen LogP contribution in [0.2, 0.25) is 5.02 Å². The molecule has 5 heterocycles. The Morgan fingerprint density at radius 1 is 1.02 bits per heavy atom. The second-order valence-corrected chi connectivity index (χ2v) is 17.1. The van der Waals surface area contributed by atoms with Gasteiger partial charge in [0.2, 0.25) is 5.95 Å². The number of likely N-dealkylation sites (N-methyl/N-ethyl adjacent to an activating group) is 2. The number of hydrogen-bond acceptors (Lipinski definition) is 12. The van der Waals surface area contributed by atoms with Gasteiger partial charge in [-0.15, -0.1) is 0 Å². The van der Waals surface area contributed by atoms with Crippen LogP contribution in [-0.4, -0.2) is 118 Å². The van der Waals surface area contributed by atoms with Crippen molar-refractivity contribution in [3.63, 3.8) is 0 Å². The van der Waals surface area contributed by atoms with Gasteiger partial charge in [0.15, 0.2) is 18.2 Å². The van der Waals surface area contributed by atoms with Gasteiger partial charge in [0.1, 0.15) is 16.3 Å². The average molecular weight is 916 g/mol. The predicted octanol–water partition coefficient (Wildman–Crippen LogP) is 5.34. The van der Waals surface area contributed by atoms with E-state index in [-0.39, 0.29) is 42.9 Å². The van der Waals surface area contributed by atoms with Gasteiger partial charge >= 0.3 is 0 Å². The number of rotatable bonds is 13. The first kappa shape index (κ1) is 47.9. The molecule has 0 spiro atoms. The number of nitrogens with zero attached hydrogens (tertiary/aromatic N) is 7. The number of aromatic amines is 1. The number of aryl methyl sites for hydroxylation is 2. The third-order valence-corrected chi connectivity index (χ3v) is 12.3. The molecule has 8 rings (SSSR count). The summed E-state index contributed by atoms with van der Waals surface area (Å²) < 4.78 is 14.0. The van der Waals surface area contributed by atoms with Gasteiger partial charge in [-0.3, -0.25) is 19.3 Å². The van der Waals surface area contributed by atoms with Gasteiger partial charge in [-0.1, -0.05) is 24.1 Å². The number of hydrogen-bond donors (Lipinski definition) is 4. The number of piperazine rings is 1. The van der Waals surface area contributed by atoms with Crippen molar-refractivity contribution >= 4 is 70.3 Å². The Bertz CT molecular complexity index is 2720. The number of halogens is 1. The lowest BCUT2D eigenvalue weighted by molar-refractivity contribution is -0.122. The van der Waals surface area contributed by atoms with Gasteiger partial charge in [0, 0.05) is 106 Å². The van der Waals surface area contributed by atoms with Crippen molar-refractivity contribution in [2.24, 2.45) is 14.1 Å². The van der Waals surface area contributed by atoms with Crippen LogP contribution in [0.1, 0.15) is 38.7 Å². The molecule has 16 nitrogen and oxygen atoms in total. The molecule has 2 aromatic carbocycles. The average Bonchev–Trinajstić information content (AvgIpc) is 3.75. The monoisotopic (exact) mass is 914 g/mol. The van der Waals surface area contributed by atoms with Crippen LogP contribution < -0.4 is 36.1 Å². The van der Waals surface area contributed by atoms with Crippen molar-refractivity contribution in [1.29, 1.82) is 0 Å². The zero-order valence-electron chi connectivity index (χ0n) is 37.5. The molecular weight excluding hydrogens is 856 g/mol. The van der Waals surface area contributed by atoms with Crippen LogP contribution in [0.3, 0.4) is 0 Å². The number of methoxy groups -OCH3 is 1. The highest BCUT2D eigenvalue weighted by Crippen LogP contribution is 2.37. The highest BCUT2D eigenvalue weighted by atomic mass is 35.5. The maximum atomic E-state index is 12.7. The summed E-state index contributed by atoms with van der Waals surface area (Å²) in [5, 5.41) is 18.1. The summed E-state index contributed by atoms with van der Waals surface area (Å²) in [6.45, 7) is 9.10.